The number of hydrogen-bond donors (Lipinski definition) is 0. The molecule has 8 nitrogen and oxygen atoms in total. The average molecular weight is 2520 g/mol. The number of aryl methyl sites for hydroxylation is 6. The smallest absolute Gasteiger partial charge is 0.0799 e. The van der Waals surface area contributed by atoms with Gasteiger partial charge in [0.2, 0.25) is 0 Å². The van der Waals surface area contributed by atoms with Crippen molar-refractivity contribution in [2.24, 2.45) is 0 Å². The molecule has 132 heavy (non-hydrogen) atoms. The fraction of sp³-hybridized carbons (Fsp3) is 0.241. The Kier molecular flexibility index (Phi) is 47.3. The number of aromatic nitrogens is 8. The Balaban J connectivity index is 0.000000268. The zero-order chi connectivity index (χ0) is 92.4. The van der Waals surface area contributed by atoms with E-state index in [2.05, 4.69) is 301 Å². The van der Waals surface area contributed by atoms with Crippen LogP contribution in [0.15, 0.2) is 316 Å². The molecule has 8 heterocycles. The van der Waals surface area contributed by atoms with E-state index < -0.39 is 32.3 Å². The molecule has 16 heteroatoms. The number of pyridine rings is 8. The Morgan fingerprint density at radius 2 is 0.545 bits per heavy atom. The van der Waals surface area contributed by atoms with Crippen molar-refractivity contribution in [3.63, 3.8) is 0 Å². The summed E-state index contributed by atoms with van der Waals surface area (Å²) in [6, 6.07) is 114. The summed E-state index contributed by atoms with van der Waals surface area (Å²) < 4.78 is 0. The first-order chi connectivity index (χ1) is 61.1. The molecular weight excluding hydrogens is 2390 g/mol. The van der Waals surface area contributed by atoms with Gasteiger partial charge in [0.15, 0.2) is 0 Å². The molecule has 16 rings (SSSR count). The molecule has 16 aromatic rings. The topological polar surface area (TPSA) is 103 Å². The summed E-state index contributed by atoms with van der Waals surface area (Å²) in [6.45, 7) is 53.0. The monoisotopic (exact) mass is 2520 g/mol. The number of hydrogen-bond acceptors (Lipinski definition) is 8. The quantitative estimate of drug-likeness (QED) is 0.0696. The normalized spacial score (nSPS) is 10.8. The Morgan fingerprint density at radius 3 is 0.795 bits per heavy atom. The second kappa shape index (κ2) is 55.3. The Labute approximate surface area is 850 Å². The van der Waals surface area contributed by atoms with Gasteiger partial charge < -0.3 is 39.9 Å². The minimum atomic E-state index is -1.40. The summed E-state index contributed by atoms with van der Waals surface area (Å²) in [6.07, 6.45) is 19.0. The van der Waals surface area contributed by atoms with E-state index in [1.54, 1.807) is 24.8 Å². The van der Waals surface area contributed by atoms with E-state index in [1.165, 1.54) is 71.7 Å². The van der Waals surface area contributed by atoms with Gasteiger partial charge in [-0.05, 0) is 120 Å². The molecule has 0 bridgehead atoms. The SMILES string of the molecule is CCCc1cc(-c2[c-]cccc2C)ncc1[Si](C)(C)C.CCc1cc(-c2[c-]cccc2C)ncc1[Si](C)(C)C.Cc1ccc[c-]c1-c1cc(C(C)(C)C)c([Si](C)(C)C)cn1.Cc1ccc[c-]c1-c1cc(C(C)C)c([Si](C)(C)C)cn1.[Ir].[Ir].[Ir].[Ir].[c-]1ccccc1-c1ccccn1.[c-]1ccccc1-c1ccccn1.[c-]1ccccc1-c1ccccn1.[c-]1ccccc1-c1ccccn1. The van der Waals surface area contributed by atoms with Crippen molar-refractivity contribution in [2.75, 3.05) is 0 Å². The third kappa shape index (κ3) is 35.0. The number of nitrogens with zero attached hydrogens (tertiary/aromatic N) is 8. The van der Waals surface area contributed by atoms with E-state index in [9.17, 15) is 0 Å². The molecule has 8 aromatic carbocycles. The van der Waals surface area contributed by atoms with Crippen LogP contribution in [0.2, 0.25) is 78.6 Å². The van der Waals surface area contributed by atoms with Crippen LogP contribution in [0.25, 0.3) is 90.1 Å². The van der Waals surface area contributed by atoms with Crippen molar-refractivity contribution in [1.82, 2.24) is 39.9 Å². The predicted octanol–water partition coefficient (Wildman–Crippen LogP) is 27.7. The van der Waals surface area contributed by atoms with E-state index in [0.717, 1.165) is 103 Å². The van der Waals surface area contributed by atoms with Crippen molar-refractivity contribution < 1.29 is 80.4 Å². The fourth-order valence-corrected chi connectivity index (χ4v) is 21.1. The summed E-state index contributed by atoms with van der Waals surface area (Å²) >= 11 is 0. The van der Waals surface area contributed by atoms with E-state index in [-0.39, 0.29) is 85.8 Å². The molecule has 0 aliphatic carbocycles. The molecular formula is C116H128Ir4N8Si4-8. The molecule has 8 aromatic heterocycles. The van der Waals surface area contributed by atoms with Crippen molar-refractivity contribution >= 4 is 53.0 Å². The van der Waals surface area contributed by atoms with Crippen LogP contribution in [-0.2, 0) is 98.7 Å². The van der Waals surface area contributed by atoms with E-state index in [0.29, 0.717) is 5.92 Å². The van der Waals surface area contributed by atoms with Crippen molar-refractivity contribution in [3.05, 3.63) is 410 Å². The van der Waals surface area contributed by atoms with Crippen molar-refractivity contribution in [3.8, 4) is 90.1 Å². The molecule has 0 aliphatic rings. The van der Waals surface area contributed by atoms with Crippen LogP contribution < -0.4 is 20.7 Å². The molecule has 0 saturated carbocycles. The maximum Gasteiger partial charge on any atom is 0.0799 e. The summed E-state index contributed by atoms with van der Waals surface area (Å²) in [5.41, 5.74) is 27.6. The molecule has 0 N–H and O–H groups in total. The first-order valence-electron chi connectivity index (χ1n) is 44.6. The molecule has 0 spiro atoms. The largest absolute Gasteiger partial charge is 0.305 e. The zero-order valence-electron chi connectivity index (χ0n) is 81.1. The van der Waals surface area contributed by atoms with Gasteiger partial charge in [0, 0.05) is 130 Å². The summed E-state index contributed by atoms with van der Waals surface area (Å²) in [5.74, 6) is 0.530. The summed E-state index contributed by atoms with van der Waals surface area (Å²) in [7, 11) is -5.38. The summed E-state index contributed by atoms with van der Waals surface area (Å²) in [4.78, 5) is 35.8. The molecule has 692 valence electrons. The van der Waals surface area contributed by atoms with Crippen LogP contribution in [0.3, 0.4) is 0 Å². The predicted molar refractivity (Wildman–Crippen MR) is 555 cm³/mol. The van der Waals surface area contributed by atoms with E-state index >= 15 is 0 Å². The molecule has 0 saturated heterocycles. The Hall–Kier alpha value is -9.58. The van der Waals surface area contributed by atoms with Crippen LogP contribution in [0.4, 0.5) is 0 Å². The van der Waals surface area contributed by atoms with Crippen molar-refractivity contribution in [1.29, 1.82) is 0 Å². The van der Waals surface area contributed by atoms with Gasteiger partial charge in [0.25, 0.3) is 0 Å². The van der Waals surface area contributed by atoms with Gasteiger partial charge in [0.1, 0.15) is 0 Å². The Morgan fingerprint density at radius 1 is 0.280 bits per heavy atom. The van der Waals surface area contributed by atoms with Gasteiger partial charge >= 0.3 is 0 Å². The molecule has 4 radical (unpaired) electrons. The molecule has 0 amide bonds. The van der Waals surface area contributed by atoms with Crippen LogP contribution in [0.5, 0.6) is 0 Å². The van der Waals surface area contributed by atoms with Crippen molar-refractivity contribution in [2.45, 2.75) is 185 Å². The molecule has 0 fully saturated rings. The average Bonchev–Trinajstić information content (AvgIpc) is 0.743. The second-order valence-electron chi connectivity index (χ2n) is 37.1. The maximum absolute atomic E-state index is 4.75. The van der Waals surface area contributed by atoms with Crippen LogP contribution >= 0.6 is 0 Å². The maximum atomic E-state index is 4.75. The first-order valence-corrected chi connectivity index (χ1v) is 58.6. The van der Waals surface area contributed by atoms with E-state index in [4.69, 9.17) is 15.0 Å². The van der Waals surface area contributed by atoms with Crippen LogP contribution in [-0.4, -0.2) is 72.2 Å². The van der Waals surface area contributed by atoms with E-state index in [1.807, 2.05) is 218 Å². The minimum absolute atomic E-state index is 0. The summed E-state index contributed by atoms with van der Waals surface area (Å²) in [5, 5.41) is 5.92. The number of rotatable bonds is 16. The van der Waals surface area contributed by atoms with Gasteiger partial charge in [-0.25, -0.2) is 0 Å². The molecule has 0 atom stereocenters. The minimum Gasteiger partial charge on any atom is -0.305 e. The standard InChI is InChI=1S/C19H26NSi.2C18H24NSi.C17H22NSi.4C11H8N.4Ir/c1-14-10-8-9-11-15(14)17-12-16(19(2,3)4)18(13-20-17)21(5,6)7;1-13(2)16-11-17(15-10-8-7-9-14(15)3)19-12-18(16)20(4,5)6;1-6-9-15-12-17(16-11-8-7-10-14(16)2)19-13-18(15)20(3,4)5;1-6-14-11-16(15-10-8-7-9-13(15)2)18-12-17(14)19(3,4)5;4*1-2-6-10(7-3-1)11-8-4-5-9-12-11;;;;/h8-10,12-13H,1-7H3;7-9,11-13H,1-6H3;7-8,10,12-13H,6,9H2,1-5H3;7-9,11-12H,6H2,1-5H3;4*1-6,8-9H;;;;/q8*-1;;;;. The van der Waals surface area contributed by atoms with Gasteiger partial charge in [-0.2, -0.15) is 0 Å². The zero-order valence-corrected chi connectivity index (χ0v) is 94.7. The second-order valence-corrected chi connectivity index (χ2v) is 57.3. The van der Waals surface area contributed by atoms with Crippen LogP contribution in [0, 0.1) is 76.2 Å². The molecule has 0 unspecified atom stereocenters. The Bertz CT molecular complexity index is 5580. The molecule has 0 aliphatic heterocycles. The first kappa shape index (κ1) is 113. The fourth-order valence-electron chi connectivity index (χ4n) is 14.4. The number of benzene rings is 8. The third-order valence-corrected chi connectivity index (χ3v) is 29.4. The van der Waals surface area contributed by atoms with Gasteiger partial charge in [-0.15, -0.1) is 285 Å². The van der Waals surface area contributed by atoms with Crippen LogP contribution in [0.1, 0.15) is 105 Å². The van der Waals surface area contributed by atoms with Gasteiger partial charge in [0.05, 0.1) is 32.3 Å². The third-order valence-electron chi connectivity index (χ3n) is 21.3. The van der Waals surface area contributed by atoms with Gasteiger partial charge in [-0.1, -0.05) is 251 Å². The van der Waals surface area contributed by atoms with Gasteiger partial charge in [-0.3, -0.25) is 0 Å².